The van der Waals surface area contributed by atoms with Crippen molar-refractivity contribution >= 4 is 34.9 Å². The van der Waals surface area contributed by atoms with Crippen molar-refractivity contribution in [3.05, 3.63) is 58.6 Å². The first-order chi connectivity index (χ1) is 12.0. The molecule has 0 bridgehead atoms. The normalized spacial score (nSPS) is 14.0. The van der Waals surface area contributed by atoms with Crippen LogP contribution in [0.4, 0.5) is 16.2 Å². The molecule has 1 atom stereocenters. The summed E-state index contributed by atoms with van der Waals surface area (Å²) in [6, 6.07) is 12.0. The Balaban J connectivity index is 1.64. The summed E-state index contributed by atoms with van der Waals surface area (Å²) in [5.41, 5.74) is 3.59. The number of aryl methyl sites for hydroxylation is 1. The van der Waals surface area contributed by atoms with E-state index in [1.165, 1.54) is 0 Å². The maximum Gasteiger partial charge on any atom is 0.319 e. The van der Waals surface area contributed by atoms with Gasteiger partial charge >= 0.3 is 6.03 Å². The van der Waals surface area contributed by atoms with Gasteiger partial charge in [0.15, 0.2) is 0 Å². The van der Waals surface area contributed by atoms with Gasteiger partial charge in [-0.1, -0.05) is 35.9 Å². The fourth-order valence-electron chi connectivity index (χ4n) is 2.95. The third kappa shape index (κ3) is 3.77. The van der Waals surface area contributed by atoms with Gasteiger partial charge in [-0.15, -0.1) is 0 Å². The van der Waals surface area contributed by atoms with Crippen LogP contribution in [0, 0.1) is 6.92 Å². The summed E-state index contributed by atoms with van der Waals surface area (Å²) in [6.07, 6.45) is 0.836. The molecule has 0 aliphatic carbocycles. The molecule has 0 fully saturated rings. The zero-order valence-electron chi connectivity index (χ0n) is 14.2. The Hall–Kier alpha value is -2.53. The monoisotopic (exact) mass is 357 g/mol. The van der Waals surface area contributed by atoms with Gasteiger partial charge in [0, 0.05) is 22.9 Å². The fraction of sp³-hybridized carbons (Fsp3) is 0.263. The van der Waals surface area contributed by atoms with Crippen molar-refractivity contribution in [3.8, 4) is 0 Å². The lowest BCUT2D eigenvalue weighted by Gasteiger charge is -2.22. The zero-order chi connectivity index (χ0) is 18.0. The van der Waals surface area contributed by atoms with E-state index in [2.05, 4.69) is 10.6 Å². The van der Waals surface area contributed by atoms with E-state index in [-0.39, 0.29) is 5.91 Å². The van der Waals surface area contributed by atoms with Crippen LogP contribution in [0.25, 0.3) is 0 Å². The largest absolute Gasteiger partial charge is 0.326 e. The van der Waals surface area contributed by atoms with Gasteiger partial charge in [0.05, 0.1) is 0 Å². The predicted octanol–water partition coefficient (Wildman–Crippen LogP) is 3.75. The van der Waals surface area contributed by atoms with E-state index in [4.69, 9.17) is 11.6 Å². The number of nitrogens with zero attached hydrogens (tertiary/aromatic N) is 1. The molecule has 0 saturated heterocycles. The second kappa shape index (κ2) is 7.15. The van der Waals surface area contributed by atoms with Crippen LogP contribution in [-0.2, 0) is 11.2 Å². The number of rotatable bonds is 3. The standard InChI is InChI=1S/C19H20ClN3O2/c1-12-7-8-15(20)11-16(12)22-19(25)21-13(2)18(24)23-10-9-14-5-3-4-6-17(14)23/h3-8,11,13H,9-10H2,1-2H3,(H2,21,22,25)/t13-/m1/s1. The lowest BCUT2D eigenvalue weighted by Crippen LogP contribution is -2.47. The van der Waals surface area contributed by atoms with Crippen molar-refractivity contribution in [2.75, 3.05) is 16.8 Å². The summed E-state index contributed by atoms with van der Waals surface area (Å²) in [5, 5.41) is 5.98. The molecular weight excluding hydrogens is 338 g/mol. The van der Waals surface area contributed by atoms with E-state index < -0.39 is 12.1 Å². The zero-order valence-corrected chi connectivity index (χ0v) is 14.9. The fourth-order valence-corrected chi connectivity index (χ4v) is 3.12. The summed E-state index contributed by atoms with van der Waals surface area (Å²) in [5.74, 6) is -0.122. The average molecular weight is 358 g/mol. The van der Waals surface area contributed by atoms with Crippen LogP contribution in [0.3, 0.4) is 0 Å². The molecular formula is C19H20ClN3O2. The summed E-state index contributed by atoms with van der Waals surface area (Å²) < 4.78 is 0. The van der Waals surface area contributed by atoms with Crippen LogP contribution in [0.2, 0.25) is 5.02 Å². The second-order valence-corrected chi connectivity index (χ2v) is 6.58. The number of carbonyl (C=O) groups excluding carboxylic acids is 2. The smallest absolute Gasteiger partial charge is 0.319 e. The molecule has 1 aliphatic heterocycles. The molecule has 2 aromatic carbocycles. The molecule has 5 nitrogen and oxygen atoms in total. The third-order valence-electron chi connectivity index (χ3n) is 4.32. The summed E-state index contributed by atoms with van der Waals surface area (Å²) in [4.78, 5) is 26.6. The number of urea groups is 1. The van der Waals surface area contributed by atoms with Gasteiger partial charge < -0.3 is 15.5 Å². The number of fused-ring (bicyclic) bond motifs is 1. The Morgan fingerprint density at radius 1 is 1.20 bits per heavy atom. The first-order valence-electron chi connectivity index (χ1n) is 8.18. The van der Waals surface area contributed by atoms with E-state index in [1.807, 2.05) is 37.3 Å². The highest BCUT2D eigenvalue weighted by molar-refractivity contribution is 6.31. The number of para-hydroxylation sites is 1. The Labute approximate surface area is 152 Å². The highest BCUT2D eigenvalue weighted by Crippen LogP contribution is 2.28. The van der Waals surface area contributed by atoms with E-state index in [0.717, 1.165) is 23.2 Å². The minimum atomic E-state index is -0.634. The number of anilines is 2. The van der Waals surface area contributed by atoms with Crippen molar-refractivity contribution in [2.24, 2.45) is 0 Å². The van der Waals surface area contributed by atoms with E-state index >= 15 is 0 Å². The lowest BCUT2D eigenvalue weighted by atomic mass is 10.2. The van der Waals surface area contributed by atoms with Gasteiger partial charge in [-0.25, -0.2) is 4.79 Å². The second-order valence-electron chi connectivity index (χ2n) is 6.15. The number of amides is 3. The summed E-state index contributed by atoms with van der Waals surface area (Å²) in [7, 11) is 0. The molecule has 0 aromatic heterocycles. The Bertz CT molecular complexity index is 822. The quantitative estimate of drug-likeness (QED) is 0.878. The molecule has 0 unspecified atom stereocenters. The number of halogens is 1. The van der Waals surface area contributed by atoms with Gasteiger partial charge in [0.25, 0.3) is 0 Å². The van der Waals surface area contributed by atoms with Crippen molar-refractivity contribution < 1.29 is 9.59 Å². The molecule has 25 heavy (non-hydrogen) atoms. The number of benzene rings is 2. The number of carbonyl (C=O) groups is 2. The maximum absolute atomic E-state index is 12.7. The highest BCUT2D eigenvalue weighted by atomic mass is 35.5. The molecule has 2 N–H and O–H groups in total. The molecule has 0 spiro atoms. The Morgan fingerprint density at radius 3 is 2.76 bits per heavy atom. The van der Waals surface area contributed by atoms with Crippen LogP contribution >= 0.6 is 11.6 Å². The molecule has 130 valence electrons. The lowest BCUT2D eigenvalue weighted by molar-refractivity contribution is -0.119. The van der Waals surface area contributed by atoms with E-state index in [1.54, 1.807) is 24.0 Å². The Morgan fingerprint density at radius 2 is 1.96 bits per heavy atom. The van der Waals surface area contributed by atoms with Gasteiger partial charge in [-0.05, 0) is 49.6 Å². The van der Waals surface area contributed by atoms with E-state index in [9.17, 15) is 9.59 Å². The Kier molecular flexibility index (Phi) is 4.95. The van der Waals surface area contributed by atoms with Gasteiger partial charge in [0.2, 0.25) is 5.91 Å². The number of nitrogens with one attached hydrogen (secondary N) is 2. The molecule has 1 heterocycles. The highest BCUT2D eigenvalue weighted by Gasteiger charge is 2.28. The van der Waals surface area contributed by atoms with Crippen LogP contribution in [0.15, 0.2) is 42.5 Å². The first-order valence-corrected chi connectivity index (χ1v) is 8.56. The molecule has 0 saturated carbocycles. The topological polar surface area (TPSA) is 61.4 Å². The van der Waals surface area contributed by atoms with Crippen molar-refractivity contribution in [2.45, 2.75) is 26.3 Å². The van der Waals surface area contributed by atoms with Gasteiger partial charge in [-0.2, -0.15) is 0 Å². The third-order valence-corrected chi connectivity index (χ3v) is 4.55. The molecule has 3 amide bonds. The molecule has 3 rings (SSSR count). The maximum atomic E-state index is 12.7. The van der Waals surface area contributed by atoms with Crippen LogP contribution < -0.4 is 15.5 Å². The van der Waals surface area contributed by atoms with Gasteiger partial charge in [-0.3, -0.25) is 4.79 Å². The minimum absolute atomic E-state index is 0.122. The minimum Gasteiger partial charge on any atom is -0.326 e. The van der Waals surface area contributed by atoms with E-state index in [0.29, 0.717) is 17.3 Å². The van der Waals surface area contributed by atoms with Crippen molar-refractivity contribution in [1.29, 1.82) is 0 Å². The predicted molar refractivity (Wildman–Crippen MR) is 100 cm³/mol. The molecule has 0 radical (unpaired) electrons. The number of hydrogen-bond donors (Lipinski definition) is 2. The average Bonchev–Trinajstić information content (AvgIpc) is 3.01. The number of hydrogen-bond acceptors (Lipinski definition) is 2. The SMILES string of the molecule is Cc1ccc(Cl)cc1NC(=O)N[C@H](C)C(=O)N1CCc2ccccc21. The van der Waals surface area contributed by atoms with Crippen LogP contribution in [0.1, 0.15) is 18.1 Å². The molecule has 2 aromatic rings. The van der Waals surface area contributed by atoms with Gasteiger partial charge in [0.1, 0.15) is 6.04 Å². The molecule has 6 heteroatoms. The summed E-state index contributed by atoms with van der Waals surface area (Å²) >= 11 is 5.96. The van der Waals surface area contributed by atoms with Crippen LogP contribution in [0.5, 0.6) is 0 Å². The van der Waals surface area contributed by atoms with Crippen molar-refractivity contribution in [3.63, 3.8) is 0 Å². The first kappa shape index (κ1) is 17.3. The molecule has 1 aliphatic rings. The van der Waals surface area contributed by atoms with Crippen LogP contribution in [-0.4, -0.2) is 24.5 Å². The van der Waals surface area contributed by atoms with Crippen molar-refractivity contribution in [1.82, 2.24) is 5.32 Å². The summed E-state index contributed by atoms with van der Waals surface area (Å²) in [6.45, 7) is 4.20.